The van der Waals surface area contributed by atoms with Crippen molar-refractivity contribution in [2.45, 2.75) is 18.8 Å². The zero-order chi connectivity index (χ0) is 16.5. The van der Waals surface area contributed by atoms with Crippen molar-refractivity contribution >= 4 is 17.7 Å². The summed E-state index contributed by atoms with van der Waals surface area (Å²) in [5.41, 5.74) is 3.54. The fraction of sp³-hybridized carbons (Fsp3) is 0.316. The van der Waals surface area contributed by atoms with E-state index in [1.807, 2.05) is 42.1 Å². The summed E-state index contributed by atoms with van der Waals surface area (Å²) in [7, 11) is 1.56. The van der Waals surface area contributed by atoms with Gasteiger partial charge in [0, 0.05) is 25.2 Å². The minimum absolute atomic E-state index is 0.0878. The molecule has 1 amide bonds. The van der Waals surface area contributed by atoms with Gasteiger partial charge in [0.25, 0.3) is 5.91 Å². The molecule has 0 aliphatic rings. The van der Waals surface area contributed by atoms with E-state index >= 15 is 0 Å². The van der Waals surface area contributed by atoms with E-state index in [2.05, 4.69) is 36.5 Å². The van der Waals surface area contributed by atoms with Crippen LogP contribution in [0.15, 0.2) is 54.6 Å². The molecule has 3 nitrogen and oxygen atoms in total. The van der Waals surface area contributed by atoms with Gasteiger partial charge in [-0.25, -0.2) is 0 Å². The van der Waals surface area contributed by atoms with E-state index in [-0.39, 0.29) is 5.91 Å². The summed E-state index contributed by atoms with van der Waals surface area (Å²) in [6.45, 7) is 2.77. The first kappa shape index (κ1) is 17.6. The Labute approximate surface area is 142 Å². The molecule has 2 aromatic carbocycles. The first-order chi connectivity index (χ1) is 11.2. The molecule has 0 saturated carbocycles. The molecule has 0 heterocycles. The second-order valence-electron chi connectivity index (χ2n) is 5.30. The maximum atomic E-state index is 12.2. The average molecular weight is 329 g/mol. The number of carbonyl (C=O) groups excluding carboxylic acids is 1. The summed E-state index contributed by atoms with van der Waals surface area (Å²) in [5, 5.41) is 2.95. The number of amides is 1. The van der Waals surface area contributed by atoms with Crippen LogP contribution in [0.3, 0.4) is 0 Å². The van der Waals surface area contributed by atoms with Crippen LogP contribution in [0.2, 0.25) is 0 Å². The lowest BCUT2D eigenvalue weighted by Crippen LogP contribution is -2.32. The Kier molecular flexibility index (Phi) is 7.17. The number of hydrogen-bond donors (Lipinski definition) is 1. The third-order valence-electron chi connectivity index (χ3n) is 3.64. The van der Waals surface area contributed by atoms with E-state index in [0.717, 1.165) is 17.1 Å². The third-order valence-corrected chi connectivity index (χ3v) is 4.65. The highest BCUT2D eigenvalue weighted by atomic mass is 32.2. The molecule has 122 valence electrons. The highest BCUT2D eigenvalue weighted by Gasteiger charge is 2.18. The fourth-order valence-electron chi connectivity index (χ4n) is 2.32. The average Bonchev–Trinajstić information content (AvgIpc) is 2.58. The van der Waals surface area contributed by atoms with Crippen molar-refractivity contribution in [2.24, 2.45) is 0 Å². The lowest BCUT2D eigenvalue weighted by Gasteiger charge is -2.15. The number of carbonyl (C=O) groups is 1. The summed E-state index contributed by atoms with van der Waals surface area (Å²) in [5.74, 6) is 1.76. The summed E-state index contributed by atoms with van der Waals surface area (Å²) >= 11 is 1.82. The maximum Gasteiger partial charge on any atom is 0.253 e. The molecule has 0 bridgehead atoms. The van der Waals surface area contributed by atoms with Crippen molar-refractivity contribution in [3.63, 3.8) is 0 Å². The minimum Gasteiger partial charge on any atom is -0.367 e. The molecule has 2 aromatic rings. The quantitative estimate of drug-likeness (QED) is 0.750. The third kappa shape index (κ3) is 5.41. The number of thioether (sulfide) groups is 1. The van der Waals surface area contributed by atoms with Crippen LogP contribution in [0, 0.1) is 6.92 Å². The molecule has 4 heteroatoms. The van der Waals surface area contributed by atoms with E-state index in [1.165, 1.54) is 11.1 Å². The standard InChI is InChI=1S/C19H23NO2S/c1-15-8-6-7-11-17(15)14-23-13-12-20-19(21)18(22-2)16-9-4-3-5-10-16/h3-11,18H,12-14H2,1-2H3,(H,20,21)/t18-/m0/s1. The fourth-order valence-corrected chi connectivity index (χ4v) is 3.25. The summed E-state index contributed by atoms with van der Waals surface area (Å²) in [6.07, 6.45) is -0.544. The van der Waals surface area contributed by atoms with E-state index in [4.69, 9.17) is 4.74 Å². The van der Waals surface area contributed by atoms with Gasteiger partial charge in [0.15, 0.2) is 6.10 Å². The van der Waals surface area contributed by atoms with Gasteiger partial charge < -0.3 is 10.1 Å². The van der Waals surface area contributed by atoms with Crippen molar-refractivity contribution in [3.8, 4) is 0 Å². The molecule has 1 atom stereocenters. The number of hydrogen-bond acceptors (Lipinski definition) is 3. The van der Waals surface area contributed by atoms with Crippen LogP contribution in [0.25, 0.3) is 0 Å². The Bertz CT molecular complexity index is 616. The number of nitrogens with one attached hydrogen (secondary N) is 1. The van der Waals surface area contributed by atoms with Crippen LogP contribution in [0.4, 0.5) is 0 Å². The molecule has 0 aromatic heterocycles. The van der Waals surface area contributed by atoms with E-state index in [1.54, 1.807) is 7.11 Å². The number of rotatable bonds is 8. The Morgan fingerprint density at radius 3 is 2.52 bits per heavy atom. The zero-order valence-corrected chi connectivity index (χ0v) is 14.4. The SMILES string of the molecule is CO[C@H](C(=O)NCCSCc1ccccc1C)c1ccccc1. The minimum atomic E-state index is -0.544. The van der Waals surface area contributed by atoms with Crippen LogP contribution >= 0.6 is 11.8 Å². The predicted octanol–water partition coefficient (Wildman–Crippen LogP) is 3.73. The molecule has 0 aliphatic carbocycles. The molecule has 0 spiro atoms. The second-order valence-corrected chi connectivity index (χ2v) is 6.40. The second kappa shape index (κ2) is 9.38. The number of ether oxygens (including phenoxy) is 1. The summed E-state index contributed by atoms with van der Waals surface area (Å²) in [4.78, 5) is 12.2. The lowest BCUT2D eigenvalue weighted by molar-refractivity contribution is -0.131. The summed E-state index contributed by atoms with van der Waals surface area (Å²) in [6, 6.07) is 17.9. The van der Waals surface area contributed by atoms with Gasteiger partial charge in [-0.15, -0.1) is 0 Å². The van der Waals surface area contributed by atoms with Gasteiger partial charge in [-0.1, -0.05) is 54.6 Å². The Balaban J connectivity index is 1.73. The van der Waals surface area contributed by atoms with Crippen LogP contribution in [0.1, 0.15) is 22.8 Å². The lowest BCUT2D eigenvalue weighted by atomic mass is 10.1. The molecule has 0 radical (unpaired) electrons. The Morgan fingerprint density at radius 1 is 1.13 bits per heavy atom. The van der Waals surface area contributed by atoms with Crippen molar-refractivity contribution in [3.05, 3.63) is 71.3 Å². The highest BCUT2D eigenvalue weighted by molar-refractivity contribution is 7.98. The first-order valence-electron chi connectivity index (χ1n) is 7.70. The first-order valence-corrected chi connectivity index (χ1v) is 8.85. The molecule has 0 aliphatic heterocycles. The highest BCUT2D eigenvalue weighted by Crippen LogP contribution is 2.17. The van der Waals surface area contributed by atoms with E-state index < -0.39 is 6.10 Å². The van der Waals surface area contributed by atoms with Crippen LogP contribution in [0.5, 0.6) is 0 Å². The molecular weight excluding hydrogens is 306 g/mol. The van der Waals surface area contributed by atoms with Crippen molar-refractivity contribution in [1.29, 1.82) is 0 Å². The molecular formula is C19H23NO2S. The molecule has 0 fully saturated rings. The maximum absolute atomic E-state index is 12.2. The van der Waals surface area contributed by atoms with Crippen molar-refractivity contribution in [2.75, 3.05) is 19.4 Å². The molecule has 23 heavy (non-hydrogen) atoms. The monoisotopic (exact) mass is 329 g/mol. The molecule has 1 N–H and O–H groups in total. The molecule has 0 unspecified atom stereocenters. The van der Waals surface area contributed by atoms with Gasteiger partial charge in [-0.2, -0.15) is 11.8 Å². The number of methoxy groups -OCH3 is 1. The number of aryl methyl sites for hydroxylation is 1. The molecule has 2 rings (SSSR count). The van der Waals surface area contributed by atoms with Gasteiger partial charge >= 0.3 is 0 Å². The van der Waals surface area contributed by atoms with E-state index in [0.29, 0.717) is 6.54 Å². The van der Waals surface area contributed by atoms with Crippen LogP contribution < -0.4 is 5.32 Å². The Hall–Kier alpha value is -1.78. The zero-order valence-electron chi connectivity index (χ0n) is 13.6. The topological polar surface area (TPSA) is 38.3 Å². The van der Waals surface area contributed by atoms with Crippen molar-refractivity contribution in [1.82, 2.24) is 5.32 Å². The van der Waals surface area contributed by atoms with Gasteiger partial charge in [-0.05, 0) is 23.6 Å². The predicted molar refractivity (Wildman–Crippen MR) is 96.5 cm³/mol. The van der Waals surface area contributed by atoms with Gasteiger partial charge in [-0.3, -0.25) is 4.79 Å². The van der Waals surface area contributed by atoms with Gasteiger partial charge in [0.1, 0.15) is 0 Å². The van der Waals surface area contributed by atoms with Crippen molar-refractivity contribution < 1.29 is 9.53 Å². The molecule has 0 saturated heterocycles. The van der Waals surface area contributed by atoms with Crippen LogP contribution in [-0.4, -0.2) is 25.3 Å². The summed E-state index contributed by atoms with van der Waals surface area (Å²) < 4.78 is 5.32. The van der Waals surface area contributed by atoms with E-state index in [9.17, 15) is 4.79 Å². The van der Waals surface area contributed by atoms with Gasteiger partial charge in [0.05, 0.1) is 0 Å². The van der Waals surface area contributed by atoms with Crippen LogP contribution in [-0.2, 0) is 15.3 Å². The normalized spacial score (nSPS) is 11.9. The smallest absolute Gasteiger partial charge is 0.253 e. The largest absolute Gasteiger partial charge is 0.367 e. The Morgan fingerprint density at radius 2 is 1.83 bits per heavy atom. The number of benzene rings is 2. The van der Waals surface area contributed by atoms with Gasteiger partial charge in [0.2, 0.25) is 0 Å².